The van der Waals surface area contributed by atoms with Crippen LogP contribution in [0.15, 0.2) is 35.9 Å². The van der Waals surface area contributed by atoms with Gasteiger partial charge in [0.15, 0.2) is 5.82 Å². The van der Waals surface area contributed by atoms with Crippen molar-refractivity contribution in [2.24, 2.45) is 0 Å². The summed E-state index contributed by atoms with van der Waals surface area (Å²) in [5.74, 6) is 1.17. The Labute approximate surface area is 141 Å². The number of hydrogen-bond donors (Lipinski definition) is 1. The van der Waals surface area contributed by atoms with Gasteiger partial charge in [-0.1, -0.05) is 11.6 Å². The normalized spacial score (nSPS) is 10.1. The molecule has 0 aliphatic carbocycles. The summed E-state index contributed by atoms with van der Waals surface area (Å²) in [6.45, 7) is 4.12. The summed E-state index contributed by atoms with van der Waals surface area (Å²) in [6, 6.07) is 9.26. The first-order valence-corrected chi connectivity index (χ1v) is 7.82. The van der Waals surface area contributed by atoms with E-state index in [1.165, 1.54) is 5.57 Å². The smallest absolute Gasteiger partial charge is 0.227 e. The molecule has 1 aromatic heterocycles. The lowest BCUT2D eigenvalue weighted by molar-refractivity contribution is -0.120. The van der Waals surface area contributed by atoms with Gasteiger partial charge in [0.25, 0.3) is 0 Å². The van der Waals surface area contributed by atoms with Crippen molar-refractivity contribution < 1.29 is 4.79 Å². The molecule has 0 saturated carbocycles. The zero-order valence-electron chi connectivity index (χ0n) is 14.2. The molecule has 0 aliphatic rings. The van der Waals surface area contributed by atoms with E-state index in [0.29, 0.717) is 11.4 Å². The number of nitriles is 1. The van der Waals surface area contributed by atoms with E-state index in [2.05, 4.69) is 41.4 Å². The molecule has 6 nitrogen and oxygen atoms in total. The van der Waals surface area contributed by atoms with Crippen LogP contribution in [0.2, 0.25) is 0 Å². The van der Waals surface area contributed by atoms with Gasteiger partial charge < -0.3 is 5.32 Å². The van der Waals surface area contributed by atoms with Crippen LogP contribution in [0.4, 0.5) is 0 Å². The van der Waals surface area contributed by atoms with Crippen LogP contribution in [-0.2, 0) is 17.6 Å². The highest BCUT2D eigenvalue weighted by molar-refractivity contribution is 5.77. The van der Waals surface area contributed by atoms with Crippen molar-refractivity contribution in [1.29, 1.82) is 5.26 Å². The van der Waals surface area contributed by atoms with E-state index < -0.39 is 0 Å². The van der Waals surface area contributed by atoms with Crippen molar-refractivity contribution >= 4 is 5.91 Å². The van der Waals surface area contributed by atoms with Gasteiger partial charge in [0.1, 0.15) is 5.82 Å². The number of benzene rings is 1. The quantitative estimate of drug-likeness (QED) is 0.827. The highest BCUT2D eigenvalue weighted by Gasteiger charge is 2.13. The van der Waals surface area contributed by atoms with E-state index in [4.69, 9.17) is 5.26 Å². The fraction of sp³-hybridized carbons (Fsp3) is 0.333. The molecule has 2 aromatic rings. The van der Waals surface area contributed by atoms with Gasteiger partial charge in [0.05, 0.1) is 23.7 Å². The molecule has 1 N–H and O–H groups in total. The number of hydrogen-bond acceptors (Lipinski definition) is 4. The summed E-state index contributed by atoms with van der Waals surface area (Å²) < 4.78 is 1.75. The number of nitrogens with zero attached hydrogens (tertiary/aromatic N) is 4. The predicted octanol–water partition coefficient (Wildman–Crippen LogP) is 2.33. The van der Waals surface area contributed by atoms with Crippen molar-refractivity contribution in [2.45, 2.75) is 33.1 Å². The van der Waals surface area contributed by atoms with Crippen LogP contribution in [0.25, 0.3) is 5.69 Å². The standard InChI is InChI=1S/C18H21N5O/c1-13(2)5-4-6-17-21-16(11-18(24)20-3)22-23(17)15-9-7-14(12-19)8-10-15/h5,7-10H,4,6,11H2,1-3H3,(H,20,24). The van der Waals surface area contributed by atoms with Crippen LogP contribution < -0.4 is 5.32 Å². The van der Waals surface area contributed by atoms with Crippen molar-refractivity contribution in [1.82, 2.24) is 20.1 Å². The molecule has 124 valence electrons. The lowest BCUT2D eigenvalue weighted by Gasteiger charge is -2.05. The molecule has 0 fully saturated rings. The number of likely N-dealkylation sites (N-methyl/N-ethyl adjacent to an activating group) is 1. The van der Waals surface area contributed by atoms with Gasteiger partial charge in [-0.25, -0.2) is 9.67 Å². The number of carbonyl (C=O) groups is 1. The van der Waals surface area contributed by atoms with Gasteiger partial charge in [0.2, 0.25) is 5.91 Å². The second kappa shape index (κ2) is 8.06. The summed E-state index contributed by atoms with van der Waals surface area (Å²) in [5.41, 5.74) is 2.68. The molecule has 0 aliphatic heterocycles. The SMILES string of the molecule is CNC(=O)Cc1nc(CCC=C(C)C)n(-c2ccc(C#N)cc2)n1. The zero-order valence-corrected chi connectivity index (χ0v) is 14.2. The number of carbonyl (C=O) groups excluding carboxylic acids is 1. The topological polar surface area (TPSA) is 83.6 Å². The Morgan fingerprint density at radius 1 is 1.33 bits per heavy atom. The maximum atomic E-state index is 11.6. The average Bonchev–Trinajstić information content (AvgIpc) is 2.97. The van der Waals surface area contributed by atoms with E-state index in [9.17, 15) is 4.79 Å². The molecular weight excluding hydrogens is 302 g/mol. The fourth-order valence-electron chi connectivity index (χ4n) is 2.23. The molecule has 1 amide bonds. The molecule has 1 heterocycles. The molecule has 0 saturated heterocycles. The first kappa shape index (κ1) is 17.4. The first-order valence-electron chi connectivity index (χ1n) is 7.82. The van der Waals surface area contributed by atoms with Crippen molar-refractivity contribution in [3.05, 3.63) is 53.1 Å². The van der Waals surface area contributed by atoms with Crippen molar-refractivity contribution in [3.8, 4) is 11.8 Å². The van der Waals surface area contributed by atoms with Crippen molar-refractivity contribution in [3.63, 3.8) is 0 Å². The maximum Gasteiger partial charge on any atom is 0.227 e. The van der Waals surface area contributed by atoms with Crippen LogP contribution in [0, 0.1) is 11.3 Å². The lowest BCUT2D eigenvalue weighted by atomic mass is 10.2. The van der Waals surface area contributed by atoms with Crippen LogP contribution in [0.3, 0.4) is 0 Å². The van der Waals surface area contributed by atoms with Gasteiger partial charge in [-0.15, -0.1) is 0 Å². The summed E-state index contributed by atoms with van der Waals surface area (Å²) in [7, 11) is 1.59. The Balaban J connectivity index is 2.32. The van der Waals surface area contributed by atoms with Crippen LogP contribution in [0.1, 0.15) is 37.5 Å². The van der Waals surface area contributed by atoms with E-state index in [-0.39, 0.29) is 12.3 Å². The monoisotopic (exact) mass is 323 g/mol. The molecule has 0 spiro atoms. The van der Waals surface area contributed by atoms with Gasteiger partial charge >= 0.3 is 0 Å². The molecular formula is C18H21N5O. The Bertz CT molecular complexity index is 777. The number of nitrogens with one attached hydrogen (secondary N) is 1. The van der Waals surface area contributed by atoms with Gasteiger partial charge in [-0.3, -0.25) is 4.79 Å². The minimum atomic E-state index is -0.122. The molecule has 0 unspecified atom stereocenters. The Morgan fingerprint density at radius 3 is 2.62 bits per heavy atom. The van der Waals surface area contributed by atoms with Crippen molar-refractivity contribution in [2.75, 3.05) is 7.05 Å². The third kappa shape index (κ3) is 4.53. The van der Waals surface area contributed by atoms with Crippen LogP contribution in [-0.4, -0.2) is 27.7 Å². The molecule has 2 rings (SSSR count). The molecule has 0 bridgehead atoms. The average molecular weight is 323 g/mol. The number of aromatic nitrogens is 3. The highest BCUT2D eigenvalue weighted by Crippen LogP contribution is 2.14. The lowest BCUT2D eigenvalue weighted by Crippen LogP contribution is -2.20. The predicted molar refractivity (Wildman–Crippen MR) is 91.6 cm³/mol. The van der Waals surface area contributed by atoms with E-state index in [1.807, 2.05) is 12.1 Å². The Kier molecular flexibility index (Phi) is 5.85. The van der Waals surface area contributed by atoms with E-state index in [1.54, 1.807) is 23.9 Å². The fourth-order valence-corrected chi connectivity index (χ4v) is 2.23. The second-order valence-corrected chi connectivity index (χ2v) is 5.68. The summed E-state index contributed by atoms with van der Waals surface area (Å²) in [4.78, 5) is 16.1. The minimum Gasteiger partial charge on any atom is -0.359 e. The minimum absolute atomic E-state index is 0.122. The summed E-state index contributed by atoms with van der Waals surface area (Å²) >= 11 is 0. The largest absolute Gasteiger partial charge is 0.359 e. The van der Waals surface area contributed by atoms with Gasteiger partial charge in [-0.2, -0.15) is 10.4 Å². The van der Waals surface area contributed by atoms with Crippen LogP contribution >= 0.6 is 0 Å². The molecule has 24 heavy (non-hydrogen) atoms. The molecule has 6 heteroatoms. The number of rotatable bonds is 6. The first-order chi connectivity index (χ1) is 11.5. The highest BCUT2D eigenvalue weighted by atomic mass is 16.1. The number of aryl methyl sites for hydroxylation is 1. The Hall–Kier alpha value is -2.94. The maximum absolute atomic E-state index is 11.6. The molecule has 1 aromatic carbocycles. The van der Waals surface area contributed by atoms with E-state index >= 15 is 0 Å². The van der Waals surface area contributed by atoms with Crippen LogP contribution in [0.5, 0.6) is 0 Å². The summed E-state index contributed by atoms with van der Waals surface area (Å²) in [5, 5.41) is 16.0. The zero-order chi connectivity index (χ0) is 17.5. The molecule has 0 radical (unpaired) electrons. The van der Waals surface area contributed by atoms with E-state index in [0.717, 1.165) is 24.4 Å². The third-order valence-corrected chi connectivity index (χ3v) is 3.48. The Morgan fingerprint density at radius 2 is 2.04 bits per heavy atom. The molecule has 0 atom stereocenters. The van der Waals surface area contributed by atoms with Gasteiger partial charge in [0, 0.05) is 13.5 Å². The number of allylic oxidation sites excluding steroid dienone is 2. The number of amides is 1. The summed E-state index contributed by atoms with van der Waals surface area (Å²) in [6.07, 6.45) is 3.88. The van der Waals surface area contributed by atoms with Gasteiger partial charge in [-0.05, 0) is 44.5 Å². The third-order valence-electron chi connectivity index (χ3n) is 3.48. The second-order valence-electron chi connectivity index (χ2n) is 5.68.